The summed E-state index contributed by atoms with van der Waals surface area (Å²) in [5.74, 6) is 1.08. The molecule has 104 valence electrons. The molecule has 5 heteroatoms. The molecule has 0 saturated heterocycles. The summed E-state index contributed by atoms with van der Waals surface area (Å²) in [7, 11) is 0. The van der Waals surface area contributed by atoms with E-state index < -0.39 is 0 Å². The maximum atomic E-state index is 12.2. The maximum absolute atomic E-state index is 12.2. The monoisotopic (exact) mass is 289 g/mol. The largest absolute Gasteiger partial charge is 0.337 e. The number of fused-ring (bicyclic) bond motifs is 1. The van der Waals surface area contributed by atoms with Crippen LogP contribution in [0.3, 0.4) is 0 Å². The molecule has 1 aliphatic rings. The highest BCUT2D eigenvalue weighted by molar-refractivity contribution is 6.33. The second-order valence-electron chi connectivity index (χ2n) is 5.47. The van der Waals surface area contributed by atoms with Crippen LogP contribution < -0.4 is 5.32 Å². The fraction of sp³-hybridized carbons (Fsp3) is 0.333. The predicted octanol–water partition coefficient (Wildman–Crippen LogP) is 3.88. The number of hydrogen-bond donors (Lipinski definition) is 2. The molecule has 0 aliphatic heterocycles. The van der Waals surface area contributed by atoms with E-state index >= 15 is 0 Å². The van der Waals surface area contributed by atoms with E-state index in [0.717, 1.165) is 23.4 Å². The summed E-state index contributed by atoms with van der Waals surface area (Å²) in [5.41, 5.74) is 3.45. The minimum absolute atomic E-state index is 0.137. The van der Waals surface area contributed by atoms with Gasteiger partial charge in [-0.05, 0) is 37.0 Å². The number of nitrogens with one attached hydrogen (secondary N) is 2. The van der Waals surface area contributed by atoms with E-state index in [-0.39, 0.29) is 5.78 Å². The van der Waals surface area contributed by atoms with Gasteiger partial charge in [-0.25, -0.2) is 0 Å². The zero-order valence-corrected chi connectivity index (χ0v) is 12.2. The third-order valence-electron chi connectivity index (χ3n) is 3.58. The number of anilines is 2. The quantitative estimate of drug-likeness (QED) is 0.882. The van der Waals surface area contributed by atoms with E-state index in [1.54, 1.807) is 0 Å². The SMILES string of the molecule is Cc1ccc(Nc2n[nH]c3c2C(=O)CC(C)C3)c(Cl)c1. The van der Waals surface area contributed by atoms with E-state index in [1.165, 1.54) is 0 Å². The van der Waals surface area contributed by atoms with Gasteiger partial charge in [0, 0.05) is 12.1 Å². The molecular formula is C15H16ClN3O. The zero-order chi connectivity index (χ0) is 14.3. The Kier molecular flexibility index (Phi) is 3.26. The molecule has 1 aliphatic carbocycles. The van der Waals surface area contributed by atoms with Crippen molar-refractivity contribution in [3.63, 3.8) is 0 Å². The molecular weight excluding hydrogens is 274 g/mol. The summed E-state index contributed by atoms with van der Waals surface area (Å²) in [6, 6.07) is 5.75. The van der Waals surface area contributed by atoms with Gasteiger partial charge in [-0.2, -0.15) is 5.10 Å². The van der Waals surface area contributed by atoms with Gasteiger partial charge in [-0.15, -0.1) is 0 Å². The first-order valence-corrected chi connectivity index (χ1v) is 7.06. The van der Waals surface area contributed by atoms with Gasteiger partial charge in [0.25, 0.3) is 0 Å². The highest BCUT2D eigenvalue weighted by Gasteiger charge is 2.28. The maximum Gasteiger partial charge on any atom is 0.168 e. The Hall–Kier alpha value is -1.81. The minimum atomic E-state index is 0.137. The van der Waals surface area contributed by atoms with Gasteiger partial charge in [-0.3, -0.25) is 9.89 Å². The standard InChI is InChI=1S/C15H16ClN3O/c1-8-3-4-11(10(16)5-8)17-15-14-12(18-19-15)6-9(2)7-13(14)20/h3-5,9H,6-7H2,1-2H3,(H2,17,18,19). The average molecular weight is 290 g/mol. The summed E-state index contributed by atoms with van der Waals surface area (Å²) < 4.78 is 0. The normalized spacial score (nSPS) is 17.9. The summed E-state index contributed by atoms with van der Waals surface area (Å²) in [5, 5.41) is 11.0. The zero-order valence-electron chi connectivity index (χ0n) is 11.5. The summed E-state index contributed by atoms with van der Waals surface area (Å²) in [6.07, 6.45) is 1.43. The summed E-state index contributed by atoms with van der Waals surface area (Å²) in [4.78, 5) is 12.2. The van der Waals surface area contributed by atoms with Crippen molar-refractivity contribution in [2.75, 3.05) is 5.32 Å². The van der Waals surface area contributed by atoms with Crippen molar-refractivity contribution < 1.29 is 4.79 Å². The number of H-pyrrole nitrogens is 1. The third-order valence-corrected chi connectivity index (χ3v) is 3.90. The molecule has 2 aromatic rings. The number of carbonyl (C=O) groups is 1. The number of hydrogen-bond acceptors (Lipinski definition) is 3. The van der Waals surface area contributed by atoms with Gasteiger partial charge in [0.15, 0.2) is 11.6 Å². The van der Waals surface area contributed by atoms with Crippen LogP contribution in [0.4, 0.5) is 11.5 Å². The number of carbonyl (C=O) groups excluding carboxylic acids is 1. The van der Waals surface area contributed by atoms with E-state index in [9.17, 15) is 4.79 Å². The first kappa shape index (κ1) is 13.2. The highest BCUT2D eigenvalue weighted by atomic mass is 35.5. The Morgan fingerprint density at radius 3 is 2.95 bits per heavy atom. The van der Waals surface area contributed by atoms with Crippen LogP contribution in [0.15, 0.2) is 18.2 Å². The lowest BCUT2D eigenvalue weighted by Gasteiger charge is -2.17. The Labute approximate surface area is 122 Å². The number of Topliss-reactive ketones (excluding diaryl/α,β-unsaturated/α-hetero) is 1. The number of aryl methyl sites for hydroxylation is 1. The predicted molar refractivity (Wildman–Crippen MR) is 79.9 cm³/mol. The van der Waals surface area contributed by atoms with Crippen molar-refractivity contribution in [1.29, 1.82) is 0 Å². The molecule has 1 aromatic carbocycles. The highest BCUT2D eigenvalue weighted by Crippen LogP contribution is 2.32. The van der Waals surface area contributed by atoms with Crippen LogP contribution in [-0.4, -0.2) is 16.0 Å². The lowest BCUT2D eigenvalue weighted by Crippen LogP contribution is -2.17. The number of aromatic amines is 1. The fourth-order valence-corrected chi connectivity index (χ4v) is 2.89. The molecule has 0 amide bonds. The van der Waals surface area contributed by atoms with Crippen LogP contribution in [-0.2, 0) is 6.42 Å². The van der Waals surface area contributed by atoms with Crippen molar-refractivity contribution in [3.05, 3.63) is 40.0 Å². The number of halogens is 1. The first-order chi connectivity index (χ1) is 9.54. The van der Waals surface area contributed by atoms with Gasteiger partial charge >= 0.3 is 0 Å². The molecule has 0 radical (unpaired) electrons. The Bertz CT molecular complexity index is 678. The van der Waals surface area contributed by atoms with Gasteiger partial charge in [-0.1, -0.05) is 24.6 Å². The van der Waals surface area contributed by atoms with Crippen LogP contribution in [0, 0.1) is 12.8 Å². The van der Waals surface area contributed by atoms with E-state index in [0.29, 0.717) is 28.7 Å². The van der Waals surface area contributed by atoms with Crippen LogP contribution >= 0.6 is 11.6 Å². The molecule has 2 N–H and O–H groups in total. The molecule has 3 rings (SSSR count). The van der Waals surface area contributed by atoms with Crippen LogP contribution in [0.5, 0.6) is 0 Å². The van der Waals surface area contributed by atoms with Crippen molar-refractivity contribution >= 4 is 28.9 Å². The molecule has 1 aromatic heterocycles. The molecule has 0 spiro atoms. The molecule has 1 atom stereocenters. The lowest BCUT2D eigenvalue weighted by atomic mass is 9.88. The number of rotatable bonds is 2. The minimum Gasteiger partial charge on any atom is -0.337 e. The van der Waals surface area contributed by atoms with Gasteiger partial charge in [0.2, 0.25) is 0 Å². The Balaban J connectivity index is 1.95. The second-order valence-corrected chi connectivity index (χ2v) is 5.88. The van der Waals surface area contributed by atoms with Crippen LogP contribution in [0.25, 0.3) is 0 Å². The molecule has 1 heterocycles. The van der Waals surface area contributed by atoms with Crippen molar-refractivity contribution in [1.82, 2.24) is 10.2 Å². The van der Waals surface area contributed by atoms with Crippen molar-refractivity contribution in [2.45, 2.75) is 26.7 Å². The summed E-state index contributed by atoms with van der Waals surface area (Å²) in [6.45, 7) is 4.06. The molecule has 0 fully saturated rings. The van der Waals surface area contributed by atoms with Crippen LogP contribution in [0.2, 0.25) is 5.02 Å². The average Bonchev–Trinajstić information content (AvgIpc) is 2.76. The first-order valence-electron chi connectivity index (χ1n) is 6.68. The molecule has 0 saturated carbocycles. The number of aromatic nitrogens is 2. The smallest absolute Gasteiger partial charge is 0.168 e. The Morgan fingerprint density at radius 2 is 2.20 bits per heavy atom. The number of ketones is 1. The molecule has 0 bridgehead atoms. The van der Waals surface area contributed by atoms with Crippen molar-refractivity contribution in [2.24, 2.45) is 5.92 Å². The van der Waals surface area contributed by atoms with E-state index in [4.69, 9.17) is 11.6 Å². The van der Waals surface area contributed by atoms with Crippen LogP contribution in [0.1, 0.15) is 35.0 Å². The van der Waals surface area contributed by atoms with E-state index in [2.05, 4.69) is 22.4 Å². The van der Waals surface area contributed by atoms with Crippen molar-refractivity contribution in [3.8, 4) is 0 Å². The number of nitrogens with zero attached hydrogens (tertiary/aromatic N) is 1. The van der Waals surface area contributed by atoms with E-state index in [1.807, 2.05) is 25.1 Å². The van der Waals surface area contributed by atoms with Gasteiger partial charge in [0.05, 0.1) is 16.3 Å². The lowest BCUT2D eigenvalue weighted by molar-refractivity contribution is 0.0954. The molecule has 1 unspecified atom stereocenters. The topological polar surface area (TPSA) is 57.8 Å². The second kappa shape index (κ2) is 4.94. The molecule has 20 heavy (non-hydrogen) atoms. The summed E-state index contributed by atoms with van der Waals surface area (Å²) >= 11 is 6.20. The van der Waals surface area contributed by atoms with Gasteiger partial charge in [0.1, 0.15) is 0 Å². The van der Waals surface area contributed by atoms with Gasteiger partial charge < -0.3 is 5.32 Å². The fourth-order valence-electron chi connectivity index (χ4n) is 2.60. The third kappa shape index (κ3) is 2.31. The number of benzene rings is 1. The molecule has 4 nitrogen and oxygen atoms in total. The Morgan fingerprint density at radius 1 is 1.40 bits per heavy atom.